The van der Waals surface area contributed by atoms with Crippen molar-refractivity contribution in [3.63, 3.8) is 0 Å². The number of carbonyl (C=O) groups excluding carboxylic acids is 1. The second-order valence-electron chi connectivity index (χ2n) is 5.73. The number of halogens is 1. The number of hydrogen-bond acceptors (Lipinski definition) is 3. The van der Waals surface area contributed by atoms with E-state index < -0.39 is 28.5 Å². The Labute approximate surface area is 145 Å². The van der Waals surface area contributed by atoms with Gasteiger partial charge < -0.3 is 5.32 Å². The quantitative estimate of drug-likeness (QED) is 0.848. The van der Waals surface area contributed by atoms with Crippen LogP contribution in [-0.4, -0.2) is 31.7 Å². The molecule has 0 aromatic heterocycles. The van der Waals surface area contributed by atoms with E-state index >= 15 is 0 Å². The molecule has 0 saturated carbocycles. The molecule has 1 amide bonds. The molecule has 0 atom stereocenters. The Hall–Kier alpha value is -2.29. The third-order valence-corrected chi connectivity index (χ3v) is 5.48. The van der Waals surface area contributed by atoms with Crippen LogP contribution in [0.5, 0.6) is 0 Å². The largest absolute Gasteiger partial charge is 0.325 e. The lowest BCUT2D eigenvalue weighted by Gasteiger charge is -2.27. The molecular formula is C17H18FN3O3S. The molecule has 25 heavy (non-hydrogen) atoms. The Morgan fingerprint density at radius 1 is 1.08 bits per heavy atom. The first kappa shape index (κ1) is 17.5. The molecule has 2 aromatic carbocycles. The topological polar surface area (TPSA) is 78.5 Å². The molecular weight excluding hydrogens is 345 g/mol. The van der Waals surface area contributed by atoms with E-state index in [-0.39, 0.29) is 6.54 Å². The van der Waals surface area contributed by atoms with E-state index in [2.05, 4.69) is 10.0 Å². The van der Waals surface area contributed by atoms with Gasteiger partial charge in [0.25, 0.3) is 10.2 Å². The predicted molar refractivity (Wildman–Crippen MR) is 92.5 cm³/mol. The summed E-state index contributed by atoms with van der Waals surface area (Å²) in [6, 6.07) is 12.9. The van der Waals surface area contributed by atoms with Crippen LogP contribution < -0.4 is 10.0 Å². The van der Waals surface area contributed by atoms with Crippen molar-refractivity contribution in [2.45, 2.75) is 13.0 Å². The summed E-state index contributed by atoms with van der Waals surface area (Å²) in [6.45, 7) is 0.259. The number of amides is 1. The van der Waals surface area contributed by atoms with Crippen molar-refractivity contribution < 1.29 is 17.6 Å². The standard InChI is InChI=1S/C17H18FN3O3S/c18-15-5-7-16(8-6-15)20-17(22)11-19-25(23,24)21-10-9-13-3-1-2-4-14(13)12-21/h1-8,19H,9-12H2,(H,20,22). The van der Waals surface area contributed by atoms with Gasteiger partial charge in [0, 0.05) is 18.8 Å². The summed E-state index contributed by atoms with van der Waals surface area (Å²) in [7, 11) is -3.76. The van der Waals surface area contributed by atoms with Gasteiger partial charge in [0.05, 0.1) is 6.54 Å². The Balaban J connectivity index is 1.57. The van der Waals surface area contributed by atoms with Crippen molar-refractivity contribution >= 4 is 21.8 Å². The number of nitrogens with one attached hydrogen (secondary N) is 2. The van der Waals surface area contributed by atoms with Crippen LogP contribution in [-0.2, 0) is 28.0 Å². The SMILES string of the molecule is O=C(CNS(=O)(=O)N1CCc2ccccc2C1)Nc1ccc(F)cc1. The fraction of sp³-hybridized carbons (Fsp3) is 0.235. The molecule has 0 spiro atoms. The number of rotatable bonds is 5. The summed E-state index contributed by atoms with van der Waals surface area (Å²) in [5.41, 5.74) is 2.51. The van der Waals surface area contributed by atoms with E-state index in [1.54, 1.807) is 0 Å². The van der Waals surface area contributed by atoms with Gasteiger partial charge in [-0.15, -0.1) is 0 Å². The summed E-state index contributed by atoms with van der Waals surface area (Å²) >= 11 is 0. The van der Waals surface area contributed by atoms with Crippen LogP contribution in [0.25, 0.3) is 0 Å². The van der Waals surface area contributed by atoms with Crippen molar-refractivity contribution in [3.8, 4) is 0 Å². The minimum absolute atomic E-state index is 0.283. The lowest BCUT2D eigenvalue weighted by atomic mass is 10.0. The Bertz CT molecular complexity index is 869. The van der Waals surface area contributed by atoms with Gasteiger partial charge in [-0.1, -0.05) is 24.3 Å². The van der Waals surface area contributed by atoms with Gasteiger partial charge in [0.2, 0.25) is 5.91 Å². The molecule has 1 aliphatic rings. The van der Waals surface area contributed by atoms with Crippen molar-refractivity contribution in [3.05, 3.63) is 65.5 Å². The van der Waals surface area contributed by atoms with Crippen LogP contribution in [0.1, 0.15) is 11.1 Å². The first-order chi connectivity index (χ1) is 11.9. The second-order valence-corrected chi connectivity index (χ2v) is 7.49. The summed E-state index contributed by atoms with van der Waals surface area (Å²) in [6.07, 6.45) is 0.638. The van der Waals surface area contributed by atoms with Gasteiger partial charge >= 0.3 is 0 Å². The Morgan fingerprint density at radius 3 is 2.48 bits per heavy atom. The Morgan fingerprint density at radius 2 is 1.76 bits per heavy atom. The molecule has 0 radical (unpaired) electrons. The molecule has 132 valence electrons. The van der Waals surface area contributed by atoms with E-state index in [1.165, 1.54) is 28.6 Å². The highest BCUT2D eigenvalue weighted by atomic mass is 32.2. The fourth-order valence-corrected chi connectivity index (χ4v) is 3.80. The van der Waals surface area contributed by atoms with Crippen LogP contribution in [0.2, 0.25) is 0 Å². The fourth-order valence-electron chi connectivity index (χ4n) is 2.66. The highest BCUT2D eigenvalue weighted by Gasteiger charge is 2.26. The molecule has 0 saturated heterocycles. The van der Waals surface area contributed by atoms with Gasteiger partial charge in [0.1, 0.15) is 5.82 Å². The zero-order valence-electron chi connectivity index (χ0n) is 13.4. The lowest BCUT2D eigenvalue weighted by molar-refractivity contribution is -0.115. The van der Waals surface area contributed by atoms with Gasteiger partial charge in [-0.25, -0.2) is 4.39 Å². The molecule has 0 fully saturated rings. The van der Waals surface area contributed by atoms with E-state index in [9.17, 15) is 17.6 Å². The maximum Gasteiger partial charge on any atom is 0.280 e. The van der Waals surface area contributed by atoms with E-state index in [0.717, 1.165) is 11.1 Å². The van der Waals surface area contributed by atoms with Crippen LogP contribution in [0, 0.1) is 5.82 Å². The number of hydrogen-bond donors (Lipinski definition) is 2. The molecule has 3 rings (SSSR count). The molecule has 0 bridgehead atoms. The highest BCUT2D eigenvalue weighted by Crippen LogP contribution is 2.20. The third kappa shape index (κ3) is 4.41. The average Bonchev–Trinajstić information content (AvgIpc) is 2.62. The molecule has 0 aliphatic carbocycles. The number of fused-ring (bicyclic) bond motifs is 1. The first-order valence-electron chi connectivity index (χ1n) is 7.81. The van der Waals surface area contributed by atoms with Crippen LogP contribution in [0.4, 0.5) is 10.1 Å². The summed E-state index contributed by atoms with van der Waals surface area (Å²) in [5, 5.41) is 2.51. The molecule has 2 N–H and O–H groups in total. The monoisotopic (exact) mass is 363 g/mol. The predicted octanol–water partition coefficient (Wildman–Crippen LogP) is 1.66. The number of nitrogens with zero attached hydrogens (tertiary/aromatic N) is 1. The third-order valence-electron chi connectivity index (χ3n) is 3.98. The number of benzene rings is 2. The molecule has 2 aromatic rings. The highest BCUT2D eigenvalue weighted by molar-refractivity contribution is 7.87. The zero-order chi connectivity index (χ0) is 17.9. The maximum atomic E-state index is 12.8. The van der Waals surface area contributed by atoms with Crippen molar-refractivity contribution in [1.82, 2.24) is 9.03 Å². The first-order valence-corrected chi connectivity index (χ1v) is 9.25. The van der Waals surface area contributed by atoms with Crippen molar-refractivity contribution in [2.75, 3.05) is 18.4 Å². The molecule has 8 heteroatoms. The summed E-state index contributed by atoms with van der Waals surface area (Å²) in [4.78, 5) is 11.9. The number of carbonyl (C=O) groups is 1. The van der Waals surface area contributed by atoms with Gasteiger partial charge in [0.15, 0.2) is 0 Å². The smallest absolute Gasteiger partial charge is 0.280 e. The van der Waals surface area contributed by atoms with Crippen molar-refractivity contribution in [2.24, 2.45) is 0 Å². The normalized spacial score (nSPS) is 14.8. The minimum Gasteiger partial charge on any atom is -0.325 e. The summed E-state index contributed by atoms with van der Waals surface area (Å²) in [5.74, 6) is -0.934. The van der Waals surface area contributed by atoms with Gasteiger partial charge in [-0.2, -0.15) is 17.4 Å². The van der Waals surface area contributed by atoms with Crippen LogP contribution in [0.3, 0.4) is 0 Å². The second kappa shape index (κ2) is 7.30. The van der Waals surface area contributed by atoms with Gasteiger partial charge in [-0.3, -0.25) is 4.79 Å². The Kier molecular flexibility index (Phi) is 5.12. The van der Waals surface area contributed by atoms with Crippen molar-refractivity contribution in [1.29, 1.82) is 0 Å². The van der Waals surface area contributed by atoms with Gasteiger partial charge in [-0.05, 0) is 41.8 Å². The molecule has 0 unspecified atom stereocenters. The molecule has 6 nitrogen and oxygen atoms in total. The van der Waals surface area contributed by atoms with Crippen LogP contribution >= 0.6 is 0 Å². The van der Waals surface area contributed by atoms with E-state index in [4.69, 9.17) is 0 Å². The number of anilines is 1. The van der Waals surface area contributed by atoms with E-state index in [1.807, 2.05) is 24.3 Å². The maximum absolute atomic E-state index is 12.8. The summed E-state index contributed by atoms with van der Waals surface area (Å²) < 4.78 is 41.2. The van der Waals surface area contributed by atoms with E-state index in [0.29, 0.717) is 18.7 Å². The molecule has 1 aliphatic heterocycles. The lowest BCUT2D eigenvalue weighted by Crippen LogP contribution is -2.45. The average molecular weight is 363 g/mol. The minimum atomic E-state index is -3.76. The zero-order valence-corrected chi connectivity index (χ0v) is 14.2. The van der Waals surface area contributed by atoms with Crippen LogP contribution in [0.15, 0.2) is 48.5 Å². The molecule has 1 heterocycles.